The maximum atomic E-state index is 15.3. The molecule has 2 aliphatic carbocycles. The summed E-state index contributed by atoms with van der Waals surface area (Å²) >= 11 is 1.47. The van der Waals surface area contributed by atoms with E-state index in [1.807, 2.05) is 19.2 Å². The number of ether oxygens (including phenoxy) is 2. The Morgan fingerprint density at radius 3 is 2.39 bits per heavy atom. The van der Waals surface area contributed by atoms with Crippen molar-refractivity contribution in [2.24, 2.45) is 11.8 Å². The van der Waals surface area contributed by atoms with Crippen LogP contribution in [0.4, 0.5) is 10.1 Å². The zero-order chi connectivity index (χ0) is 25.1. The Labute approximate surface area is 217 Å². The average Bonchev–Trinajstić information content (AvgIpc) is 3.43. The molecule has 2 aromatic rings. The normalized spacial score (nSPS) is 25.0. The van der Waals surface area contributed by atoms with Gasteiger partial charge in [-0.05, 0) is 75.5 Å². The second-order valence-electron chi connectivity index (χ2n) is 10.8. The summed E-state index contributed by atoms with van der Waals surface area (Å²) in [5, 5.41) is 10.3. The van der Waals surface area contributed by atoms with Crippen LogP contribution in [0.5, 0.6) is 0 Å². The minimum atomic E-state index is -0.250. The van der Waals surface area contributed by atoms with Crippen LogP contribution >= 0.6 is 11.3 Å². The van der Waals surface area contributed by atoms with Gasteiger partial charge in [0.1, 0.15) is 10.8 Å². The molecule has 0 atom stereocenters. The summed E-state index contributed by atoms with van der Waals surface area (Å²) in [4.78, 5) is 14.1. The van der Waals surface area contributed by atoms with Crippen LogP contribution in [0.25, 0.3) is 10.6 Å². The molecule has 0 spiro atoms. The minimum Gasteiger partial charge on any atom is -0.469 e. The number of rotatable bonds is 6. The van der Waals surface area contributed by atoms with Crippen LogP contribution in [0.3, 0.4) is 0 Å². The molecule has 1 aliphatic heterocycles. The molecule has 196 valence electrons. The number of piperidine rings is 1. The van der Waals surface area contributed by atoms with Crippen molar-refractivity contribution in [1.29, 1.82) is 0 Å². The maximum absolute atomic E-state index is 15.3. The van der Waals surface area contributed by atoms with Crippen LogP contribution in [0, 0.1) is 17.7 Å². The number of nitrogens with zero attached hydrogens (tertiary/aromatic N) is 3. The number of anilines is 1. The predicted octanol–water partition coefficient (Wildman–Crippen LogP) is 6.36. The van der Waals surface area contributed by atoms with Crippen molar-refractivity contribution in [3.63, 3.8) is 0 Å². The first-order chi connectivity index (χ1) is 17.5. The molecule has 1 aromatic heterocycles. The van der Waals surface area contributed by atoms with E-state index in [0.717, 1.165) is 62.3 Å². The summed E-state index contributed by atoms with van der Waals surface area (Å²) in [5.74, 6) is 0.539. The summed E-state index contributed by atoms with van der Waals surface area (Å²) in [7, 11) is 3.32. The molecule has 1 saturated heterocycles. The third-order valence-corrected chi connectivity index (χ3v) is 10.1. The standard InChI is InChI=1S/C28H38FN3O3S/c1-34-27(33)20-10-8-19(9-11-20)25-30-31-26(36-25)23-13-12-22(18-24(23)29)32-16-14-28(35-2,15-17-32)21-6-4-3-5-7-21/h12-13,18-21H,3-11,14-17H2,1-2H3. The number of hydrogen-bond donors (Lipinski definition) is 0. The SMILES string of the molecule is COC(=O)C1CCC(c2nnc(-c3ccc(N4CCC(OC)(C5CCCCC5)CC4)cc3F)s2)CC1. The Morgan fingerprint density at radius 1 is 1.03 bits per heavy atom. The molecule has 2 saturated carbocycles. The molecule has 6 nitrogen and oxygen atoms in total. The molecule has 0 radical (unpaired) electrons. The Bertz CT molecular complexity index is 1040. The lowest BCUT2D eigenvalue weighted by Crippen LogP contribution is -2.50. The summed E-state index contributed by atoms with van der Waals surface area (Å²) in [5.41, 5.74) is 1.42. The second-order valence-corrected chi connectivity index (χ2v) is 11.8. The summed E-state index contributed by atoms with van der Waals surface area (Å²) in [6.45, 7) is 1.78. The first-order valence-corrected chi connectivity index (χ1v) is 14.4. The fourth-order valence-corrected chi connectivity index (χ4v) is 7.72. The molecule has 0 unspecified atom stereocenters. The van der Waals surface area contributed by atoms with Crippen molar-refractivity contribution in [3.05, 3.63) is 29.0 Å². The Hall–Kier alpha value is -2.06. The highest BCUT2D eigenvalue weighted by atomic mass is 32.1. The van der Waals surface area contributed by atoms with Gasteiger partial charge in [-0.25, -0.2) is 4.39 Å². The van der Waals surface area contributed by atoms with E-state index in [-0.39, 0.29) is 29.2 Å². The van der Waals surface area contributed by atoms with Crippen molar-refractivity contribution in [1.82, 2.24) is 10.2 Å². The summed E-state index contributed by atoms with van der Waals surface area (Å²) < 4.78 is 26.3. The fourth-order valence-electron chi connectivity index (χ4n) is 6.68. The number of hydrogen-bond acceptors (Lipinski definition) is 7. The summed E-state index contributed by atoms with van der Waals surface area (Å²) in [6.07, 6.45) is 11.9. The zero-order valence-corrected chi connectivity index (χ0v) is 22.3. The van der Waals surface area contributed by atoms with Gasteiger partial charge >= 0.3 is 5.97 Å². The third-order valence-electron chi connectivity index (χ3n) is 8.97. The van der Waals surface area contributed by atoms with Crippen molar-refractivity contribution in [2.45, 2.75) is 82.1 Å². The van der Waals surface area contributed by atoms with Gasteiger partial charge in [0.05, 0.1) is 18.6 Å². The van der Waals surface area contributed by atoms with Crippen LogP contribution < -0.4 is 4.90 Å². The van der Waals surface area contributed by atoms with E-state index in [9.17, 15) is 4.79 Å². The number of carbonyl (C=O) groups is 1. The Balaban J connectivity index is 1.22. The lowest BCUT2D eigenvalue weighted by molar-refractivity contribution is -0.146. The molecule has 2 heterocycles. The molecule has 3 aliphatic rings. The smallest absolute Gasteiger partial charge is 0.308 e. The van der Waals surface area contributed by atoms with Crippen LogP contribution in [0.1, 0.15) is 81.6 Å². The number of carbonyl (C=O) groups excluding carboxylic acids is 1. The molecule has 36 heavy (non-hydrogen) atoms. The first-order valence-electron chi connectivity index (χ1n) is 13.5. The van der Waals surface area contributed by atoms with Gasteiger partial charge in [-0.3, -0.25) is 4.79 Å². The van der Waals surface area contributed by atoms with Gasteiger partial charge in [-0.2, -0.15) is 0 Å². The molecule has 0 N–H and O–H groups in total. The Kier molecular flexibility index (Phi) is 7.91. The number of esters is 1. The number of benzene rings is 1. The predicted molar refractivity (Wildman–Crippen MR) is 140 cm³/mol. The lowest BCUT2D eigenvalue weighted by atomic mass is 9.72. The van der Waals surface area contributed by atoms with E-state index in [1.54, 1.807) is 6.07 Å². The average molecular weight is 516 g/mol. The van der Waals surface area contributed by atoms with Gasteiger partial charge < -0.3 is 14.4 Å². The van der Waals surface area contributed by atoms with E-state index in [1.165, 1.54) is 50.6 Å². The first kappa shape index (κ1) is 25.6. The van der Waals surface area contributed by atoms with Crippen molar-refractivity contribution in [2.75, 3.05) is 32.2 Å². The lowest BCUT2D eigenvalue weighted by Gasteiger charge is -2.47. The molecule has 3 fully saturated rings. The van der Waals surface area contributed by atoms with Crippen LogP contribution in [-0.4, -0.2) is 49.1 Å². The Morgan fingerprint density at radius 2 is 1.75 bits per heavy atom. The van der Waals surface area contributed by atoms with E-state index < -0.39 is 0 Å². The molecular formula is C28H38FN3O3S. The van der Waals surface area contributed by atoms with Crippen LogP contribution in [0.2, 0.25) is 0 Å². The molecule has 1 aromatic carbocycles. The van der Waals surface area contributed by atoms with Crippen molar-refractivity contribution < 1.29 is 18.7 Å². The quantitative estimate of drug-likeness (QED) is 0.417. The molecular weight excluding hydrogens is 477 g/mol. The number of methoxy groups -OCH3 is 2. The van der Waals surface area contributed by atoms with Crippen molar-refractivity contribution >= 4 is 23.0 Å². The monoisotopic (exact) mass is 515 g/mol. The highest BCUT2D eigenvalue weighted by Crippen LogP contribution is 2.43. The topological polar surface area (TPSA) is 64.5 Å². The van der Waals surface area contributed by atoms with E-state index >= 15 is 4.39 Å². The fraction of sp³-hybridized carbons (Fsp3) is 0.679. The van der Waals surface area contributed by atoms with Gasteiger partial charge in [-0.1, -0.05) is 30.6 Å². The zero-order valence-electron chi connectivity index (χ0n) is 21.5. The molecule has 0 amide bonds. The largest absolute Gasteiger partial charge is 0.469 e. The van der Waals surface area contributed by atoms with Gasteiger partial charge in [0.2, 0.25) is 0 Å². The van der Waals surface area contributed by atoms with Gasteiger partial charge in [-0.15, -0.1) is 10.2 Å². The van der Waals surface area contributed by atoms with Gasteiger partial charge in [0, 0.05) is 37.4 Å². The van der Waals surface area contributed by atoms with Gasteiger partial charge in [0.25, 0.3) is 0 Å². The van der Waals surface area contributed by atoms with E-state index in [0.29, 0.717) is 16.5 Å². The van der Waals surface area contributed by atoms with E-state index in [2.05, 4.69) is 15.1 Å². The molecule has 8 heteroatoms. The van der Waals surface area contributed by atoms with Gasteiger partial charge in [0.15, 0.2) is 5.01 Å². The van der Waals surface area contributed by atoms with E-state index in [4.69, 9.17) is 9.47 Å². The molecule has 0 bridgehead atoms. The van der Waals surface area contributed by atoms with Crippen LogP contribution in [-0.2, 0) is 14.3 Å². The maximum Gasteiger partial charge on any atom is 0.308 e. The highest BCUT2D eigenvalue weighted by molar-refractivity contribution is 7.14. The van der Waals surface area contributed by atoms with Crippen molar-refractivity contribution in [3.8, 4) is 10.6 Å². The summed E-state index contributed by atoms with van der Waals surface area (Å²) in [6, 6.07) is 5.52. The number of aromatic nitrogens is 2. The third kappa shape index (κ3) is 5.17. The van der Waals surface area contributed by atoms with Crippen LogP contribution in [0.15, 0.2) is 18.2 Å². The molecule has 5 rings (SSSR count). The second kappa shape index (κ2) is 11.1. The highest BCUT2D eigenvalue weighted by Gasteiger charge is 2.42. The number of halogens is 1. The minimum absolute atomic E-state index is 0.0184.